The molecule has 0 aliphatic carbocycles. The molecule has 0 saturated carbocycles. The van der Waals surface area contributed by atoms with Crippen molar-refractivity contribution < 1.29 is 28.6 Å². The van der Waals surface area contributed by atoms with Crippen LogP contribution in [0.25, 0.3) is 0 Å². The molecule has 0 N–H and O–H groups in total. The van der Waals surface area contributed by atoms with Crippen LogP contribution < -0.4 is 0 Å². The van der Waals surface area contributed by atoms with Gasteiger partial charge >= 0.3 is 17.9 Å². The maximum absolute atomic E-state index is 12.9. The fourth-order valence-electron chi connectivity index (χ4n) is 9.54. The highest BCUT2D eigenvalue weighted by Crippen LogP contribution is 2.17. The van der Waals surface area contributed by atoms with Crippen LogP contribution in [0.2, 0.25) is 0 Å². The second-order valence-corrected chi connectivity index (χ2v) is 22.4. The molecule has 0 aromatic rings. The van der Waals surface area contributed by atoms with Crippen molar-refractivity contribution in [3.8, 4) is 0 Å². The predicted molar refractivity (Wildman–Crippen MR) is 344 cm³/mol. The Labute approximate surface area is 489 Å². The molecule has 0 amide bonds. The molecular weight excluding hydrogens is 973 g/mol. The molecule has 0 rings (SSSR count). The first-order chi connectivity index (χ1) is 39.0. The second kappa shape index (κ2) is 66.8. The van der Waals surface area contributed by atoms with E-state index in [0.29, 0.717) is 19.3 Å². The molecule has 0 aliphatic rings. The molecule has 6 nitrogen and oxygen atoms in total. The molecule has 0 spiro atoms. The van der Waals surface area contributed by atoms with E-state index in [0.717, 1.165) is 109 Å². The lowest BCUT2D eigenvalue weighted by Gasteiger charge is -2.18. The second-order valence-electron chi connectivity index (χ2n) is 22.4. The van der Waals surface area contributed by atoms with Crippen molar-refractivity contribution in [2.24, 2.45) is 0 Å². The van der Waals surface area contributed by atoms with E-state index < -0.39 is 6.10 Å². The third kappa shape index (κ3) is 65.0. The fourth-order valence-corrected chi connectivity index (χ4v) is 9.54. The van der Waals surface area contributed by atoms with Crippen LogP contribution in [0.5, 0.6) is 0 Å². The maximum atomic E-state index is 12.9. The van der Waals surface area contributed by atoms with Gasteiger partial charge in [-0.25, -0.2) is 0 Å². The van der Waals surface area contributed by atoms with E-state index in [2.05, 4.69) is 118 Å². The van der Waals surface area contributed by atoms with Crippen molar-refractivity contribution in [2.75, 3.05) is 13.2 Å². The molecule has 0 radical (unpaired) electrons. The third-order valence-corrected chi connectivity index (χ3v) is 14.6. The normalized spacial score (nSPS) is 12.7. The summed E-state index contributed by atoms with van der Waals surface area (Å²) in [6.07, 6.45) is 90.5. The molecule has 0 saturated heterocycles. The summed E-state index contributed by atoms with van der Waals surface area (Å²) in [6, 6.07) is 0. The van der Waals surface area contributed by atoms with Crippen LogP contribution in [0.3, 0.4) is 0 Å². The minimum Gasteiger partial charge on any atom is -0.462 e. The van der Waals surface area contributed by atoms with Gasteiger partial charge in [-0.15, -0.1) is 0 Å². The molecule has 0 heterocycles. The van der Waals surface area contributed by atoms with Crippen LogP contribution in [0, 0.1) is 0 Å². The number of ether oxygens (including phenoxy) is 3. The number of allylic oxidation sites excluding steroid dienone is 16. The summed E-state index contributed by atoms with van der Waals surface area (Å²) in [4.78, 5) is 38.0. The summed E-state index contributed by atoms with van der Waals surface area (Å²) in [5.74, 6) is -0.884. The molecule has 0 aromatic carbocycles. The van der Waals surface area contributed by atoms with E-state index in [1.165, 1.54) is 180 Å². The van der Waals surface area contributed by atoms with Crippen LogP contribution in [-0.2, 0) is 28.6 Å². The van der Waals surface area contributed by atoms with Gasteiger partial charge in [0.25, 0.3) is 0 Å². The number of hydrogen-bond donors (Lipinski definition) is 0. The largest absolute Gasteiger partial charge is 0.462 e. The summed E-state index contributed by atoms with van der Waals surface area (Å²) in [7, 11) is 0. The Balaban J connectivity index is 4.01. The summed E-state index contributed by atoms with van der Waals surface area (Å²) < 4.78 is 16.8. The Morgan fingerprint density at radius 2 is 0.494 bits per heavy atom. The Bertz CT molecular complexity index is 1540. The third-order valence-electron chi connectivity index (χ3n) is 14.6. The van der Waals surface area contributed by atoms with Gasteiger partial charge in [-0.3, -0.25) is 14.4 Å². The molecule has 0 bridgehead atoms. The zero-order valence-electron chi connectivity index (χ0n) is 52.1. The van der Waals surface area contributed by atoms with Gasteiger partial charge in [-0.05, 0) is 103 Å². The van der Waals surface area contributed by atoms with Gasteiger partial charge in [0.05, 0.1) is 0 Å². The zero-order chi connectivity index (χ0) is 57.1. The highest BCUT2D eigenvalue weighted by Gasteiger charge is 2.19. The smallest absolute Gasteiger partial charge is 0.306 e. The van der Waals surface area contributed by atoms with E-state index in [1.54, 1.807) is 0 Å². The van der Waals surface area contributed by atoms with Crippen LogP contribution in [0.1, 0.15) is 329 Å². The molecular formula is C73H126O6. The summed E-state index contributed by atoms with van der Waals surface area (Å²) >= 11 is 0. The SMILES string of the molecule is CC/C=C\C/C=C\C/C=C\C/C=C\C/C=C\CCCCCCCCCCCCCC(=O)OC(COC(=O)CCCCCCC)COC(=O)CCCCCCCCCCCCCCCC/C=C\C/C=C\C/C=C\CCCCCCC. The minimum atomic E-state index is -0.776. The van der Waals surface area contributed by atoms with Crippen LogP contribution >= 0.6 is 0 Å². The first-order valence-corrected chi connectivity index (χ1v) is 33.7. The van der Waals surface area contributed by atoms with Crippen molar-refractivity contribution in [1.29, 1.82) is 0 Å². The topological polar surface area (TPSA) is 78.9 Å². The monoisotopic (exact) mass is 1100 g/mol. The van der Waals surface area contributed by atoms with Gasteiger partial charge in [0.1, 0.15) is 13.2 Å². The number of esters is 3. The van der Waals surface area contributed by atoms with Crippen molar-refractivity contribution in [1.82, 2.24) is 0 Å². The van der Waals surface area contributed by atoms with Crippen LogP contribution in [0.15, 0.2) is 97.2 Å². The number of rotatable bonds is 61. The molecule has 454 valence electrons. The van der Waals surface area contributed by atoms with E-state index in [-0.39, 0.29) is 31.1 Å². The van der Waals surface area contributed by atoms with Crippen molar-refractivity contribution >= 4 is 17.9 Å². The van der Waals surface area contributed by atoms with Gasteiger partial charge in [-0.2, -0.15) is 0 Å². The van der Waals surface area contributed by atoms with Gasteiger partial charge in [0.2, 0.25) is 0 Å². The fraction of sp³-hybridized carbons (Fsp3) is 0.740. The first kappa shape index (κ1) is 75.3. The van der Waals surface area contributed by atoms with E-state index in [4.69, 9.17) is 14.2 Å². The first-order valence-electron chi connectivity index (χ1n) is 33.7. The quantitative estimate of drug-likeness (QED) is 0.0261. The van der Waals surface area contributed by atoms with E-state index in [9.17, 15) is 14.4 Å². The highest BCUT2D eigenvalue weighted by atomic mass is 16.6. The van der Waals surface area contributed by atoms with Crippen molar-refractivity contribution in [2.45, 2.75) is 335 Å². The summed E-state index contributed by atoms with van der Waals surface area (Å²) in [5, 5.41) is 0. The standard InChI is InChI=1S/C73H126O6/c1-4-7-10-13-15-17-19-21-23-25-27-29-31-33-35-36-38-39-41-43-45-47-49-51-53-55-57-60-63-66-72(75)78-69-70(68-77-71(74)65-62-59-12-9-6-3)79-73(76)67-64-61-58-56-54-52-50-48-46-44-42-40-37-34-32-30-28-26-24-22-20-18-16-14-11-8-5-2/h8,11,16,18-19,21-22,24-25,27-28,30-31,33-34,37,70H,4-7,9-10,12-15,17,20,23,26,29,32,35-36,38-69H2,1-3H3/b11-8-,18-16-,21-19-,24-22-,27-25-,30-28-,33-31-,37-34-. The molecule has 0 aliphatic heterocycles. The molecule has 6 heteroatoms. The Kier molecular flexibility index (Phi) is 63.7. The number of unbranched alkanes of at least 4 members (excludes halogenated alkanes) is 34. The van der Waals surface area contributed by atoms with Gasteiger partial charge in [0, 0.05) is 19.3 Å². The number of hydrogen-bond acceptors (Lipinski definition) is 6. The lowest BCUT2D eigenvalue weighted by atomic mass is 10.0. The molecule has 0 fully saturated rings. The molecule has 79 heavy (non-hydrogen) atoms. The maximum Gasteiger partial charge on any atom is 0.306 e. The van der Waals surface area contributed by atoms with Crippen LogP contribution in [-0.4, -0.2) is 37.2 Å². The number of carbonyl (C=O) groups excluding carboxylic acids is 3. The minimum absolute atomic E-state index is 0.0768. The lowest BCUT2D eigenvalue weighted by molar-refractivity contribution is -0.167. The Hall–Kier alpha value is -3.67. The lowest BCUT2D eigenvalue weighted by Crippen LogP contribution is -2.30. The average molecular weight is 1100 g/mol. The van der Waals surface area contributed by atoms with Gasteiger partial charge in [0.15, 0.2) is 6.10 Å². The number of carbonyl (C=O) groups is 3. The van der Waals surface area contributed by atoms with Crippen molar-refractivity contribution in [3.05, 3.63) is 97.2 Å². The summed E-state index contributed by atoms with van der Waals surface area (Å²) in [6.45, 7) is 6.46. The van der Waals surface area contributed by atoms with Gasteiger partial charge < -0.3 is 14.2 Å². The zero-order valence-corrected chi connectivity index (χ0v) is 52.1. The van der Waals surface area contributed by atoms with Crippen molar-refractivity contribution in [3.63, 3.8) is 0 Å². The van der Waals surface area contributed by atoms with Crippen LogP contribution in [0.4, 0.5) is 0 Å². The van der Waals surface area contributed by atoms with E-state index in [1.807, 2.05) is 0 Å². The molecule has 1 unspecified atom stereocenters. The predicted octanol–water partition coefficient (Wildman–Crippen LogP) is 23.2. The summed E-state index contributed by atoms with van der Waals surface area (Å²) in [5.41, 5.74) is 0. The molecule has 0 aromatic heterocycles. The Morgan fingerprint density at radius 3 is 0.772 bits per heavy atom. The Morgan fingerprint density at radius 1 is 0.266 bits per heavy atom. The molecule has 1 atom stereocenters. The van der Waals surface area contributed by atoms with Gasteiger partial charge in [-0.1, -0.05) is 304 Å². The van der Waals surface area contributed by atoms with E-state index >= 15 is 0 Å². The average Bonchev–Trinajstić information content (AvgIpc) is 3.45. The highest BCUT2D eigenvalue weighted by molar-refractivity contribution is 5.71.